The van der Waals surface area contributed by atoms with Crippen LogP contribution >= 0.6 is 0 Å². The Labute approximate surface area is 118 Å². The molecule has 1 unspecified atom stereocenters. The predicted octanol–water partition coefficient (Wildman–Crippen LogP) is 4.88. The van der Waals surface area contributed by atoms with Crippen LogP contribution in [0.3, 0.4) is 0 Å². The first kappa shape index (κ1) is 16.3. The number of carbonyl (C=O) groups excluding carboxylic acids is 1. The molecule has 0 heterocycles. The lowest BCUT2D eigenvalue weighted by Gasteiger charge is -2.54. The number of hydrogen-bond acceptors (Lipinski definition) is 2. The average Bonchev–Trinajstić information content (AvgIpc) is 2.26. The molecule has 1 aliphatic carbocycles. The van der Waals surface area contributed by atoms with Gasteiger partial charge >= 0.3 is 5.97 Å². The van der Waals surface area contributed by atoms with Gasteiger partial charge in [-0.3, -0.25) is 0 Å². The summed E-state index contributed by atoms with van der Waals surface area (Å²) in [5.41, 5.74) is 0.146. The highest BCUT2D eigenvalue weighted by atomic mass is 16.6. The van der Waals surface area contributed by atoms with E-state index >= 15 is 0 Å². The molecule has 19 heavy (non-hydrogen) atoms. The molecule has 0 saturated heterocycles. The maximum absolute atomic E-state index is 12.0. The molecule has 0 N–H and O–H groups in total. The van der Waals surface area contributed by atoms with Crippen molar-refractivity contribution < 1.29 is 9.53 Å². The van der Waals surface area contributed by atoms with E-state index in [0.29, 0.717) is 5.57 Å². The summed E-state index contributed by atoms with van der Waals surface area (Å²) >= 11 is 0. The topological polar surface area (TPSA) is 26.3 Å². The van der Waals surface area contributed by atoms with Crippen molar-refractivity contribution in [3.05, 3.63) is 12.2 Å². The molecule has 2 heteroatoms. The Balaban J connectivity index is 3.10. The van der Waals surface area contributed by atoms with Crippen molar-refractivity contribution in [1.29, 1.82) is 0 Å². The van der Waals surface area contributed by atoms with Crippen LogP contribution in [0, 0.1) is 10.8 Å². The molecule has 0 spiro atoms. The van der Waals surface area contributed by atoms with Crippen molar-refractivity contribution in [1.82, 2.24) is 0 Å². The first-order valence-corrected chi connectivity index (χ1v) is 7.42. The maximum atomic E-state index is 12.0. The van der Waals surface area contributed by atoms with Gasteiger partial charge in [0.15, 0.2) is 0 Å². The van der Waals surface area contributed by atoms with E-state index in [4.69, 9.17) is 4.74 Å². The van der Waals surface area contributed by atoms with Crippen molar-refractivity contribution in [2.75, 3.05) is 0 Å². The summed E-state index contributed by atoms with van der Waals surface area (Å²) in [7, 11) is 0. The number of ether oxygens (including phenoxy) is 1. The lowest BCUT2D eigenvalue weighted by atomic mass is 9.55. The molecule has 2 nitrogen and oxygen atoms in total. The first-order valence-electron chi connectivity index (χ1n) is 7.42. The van der Waals surface area contributed by atoms with Crippen molar-refractivity contribution in [3.63, 3.8) is 0 Å². The van der Waals surface area contributed by atoms with Crippen LogP contribution < -0.4 is 0 Å². The van der Waals surface area contributed by atoms with E-state index in [2.05, 4.69) is 41.2 Å². The summed E-state index contributed by atoms with van der Waals surface area (Å²) in [6, 6.07) is 0. The van der Waals surface area contributed by atoms with Gasteiger partial charge in [0.1, 0.15) is 5.60 Å². The molecule has 0 radical (unpaired) electrons. The standard InChI is InChI=1S/C17H30O2/c1-13(2)14(18)19-17(7)12-10-8-9-11-15(3,4)16(17,5)6/h1,8-12H2,2-7H3. The Morgan fingerprint density at radius 2 is 1.53 bits per heavy atom. The Hall–Kier alpha value is -0.790. The first-order chi connectivity index (χ1) is 8.53. The molecule has 0 aliphatic heterocycles. The summed E-state index contributed by atoms with van der Waals surface area (Å²) < 4.78 is 5.89. The van der Waals surface area contributed by atoms with Gasteiger partial charge in [-0.1, -0.05) is 47.1 Å². The number of carbonyl (C=O) groups is 1. The second-order valence-electron chi connectivity index (χ2n) is 7.47. The fourth-order valence-corrected chi connectivity index (χ4v) is 3.02. The van der Waals surface area contributed by atoms with Gasteiger partial charge in [0, 0.05) is 11.0 Å². The minimum absolute atomic E-state index is 0.0640. The molecule has 1 fully saturated rings. The van der Waals surface area contributed by atoms with E-state index in [1.807, 2.05) is 0 Å². The predicted molar refractivity (Wildman–Crippen MR) is 80.0 cm³/mol. The molecule has 0 bridgehead atoms. The number of rotatable bonds is 2. The Morgan fingerprint density at radius 1 is 1.00 bits per heavy atom. The van der Waals surface area contributed by atoms with E-state index in [1.54, 1.807) is 6.92 Å². The fourth-order valence-electron chi connectivity index (χ4n) is 3.02. The summed E-state index contributed by atoms with van der Waals surface area (Å²) in [5.74, 6) is -0.257. The average molecular weight is 266 g/mol. The van der Waals surface area contributed by atoms with Crippen LogP contribution in [-0.4, -0.2) is 11.6 Å². The third-order valence-electron chi connectivity index (χ3n) is 5.64. The summed E-state index contributed by atoms with van der Waals surface area (Å²) in [4.78, 5) is 12.0. The molecule has 0 aromatic heterocycles. The van der Waals surface area contributed by atoms with Crippen LogP contribution in [0.15, 0.2) is 12.2 Å². The molecular weight excluding hydrogens is 236 g/mol. The van der Waals surface area contributed by atoms with Crippen LogP contribution in [0.25, 0.3) is 0 Å². The largest absolute Gasteiger partial charge is 0.455 e. The van der Waals surface area contributed by atoms with Crippen molar-refractivity contribution in [2.24, 2.45) is 10.8 Å². The highest BCUT2D eigenvalue weighted by Crippen LogP contribution is 2.54. The summed E-state index contributed by atoms with van der Waals surface area (Å²) in [6.07, 6.45) is 5.73. The normalized spacial score (nSPS) is 30.0. The van der Waals surface area contributed by atoms with Crippen LogP contribution in [-0.2, 0) is 9.53 Å². The Bertz CT molecular complexity index is 365. The fraction of sp³-hybridized carbons (Fsp3) is 0.824. The monoisotopic (exact) mass is 266 g/mol. The number of esters is 1. The van der Waals surface area contributed by atoms with Gasteiger partial charge in [-0.05, 0) is 38.5 Å². The van der Waals surface area contributed by atoms with E-state index in [0.717, 1.165) is 12.8 Å². The van der Waals surface area contributed by atoms with Gasteiger partial charge in [0.25, 0.3) is 0 Å². The van der Waals surface area contributed by atoms with Crippen molar-refractivity contribution >= 4 is 5.97 Å². The SMILES string of the molecule is C=C(C)C(=O)OC1(C)CCCCCC(C)(C)C1(C)C. The van der Waals surface area contributed by atoms with Crippen LogP contribution in [0.1, 0.15) is 73.6 Å². The van der Waals surface area contributed by atoms with E-state index < -0.39 is 5.60 Å². The Morgan fingerprint density at radius 3 is 2.05 bits per heavy atom. The van der Waals surface area contributed by atoms with E-state index in [-0.39, 0.29) is 16.8 Å². The maximum Gasteiger partial charge on any atom is 0.333 e. The summed E-state index contributed by atoms with van der Waals surface area (Å²) in [5, 5.41) is 0. The highest BCUT2D eigenvalue weighted by Gasteiger charge is 2.53. The van der Waals surface area contributed by atoms with Crippen LogP contribution in [0.2, 0.25) is 0 Å². The zero-order valence-corrected chi connectivity index (χ0v) is 13.6. The van der Waals surface area contributed by atoms with Crippen molar-refractivity contribution in [3.8, 4) is 0 Å². The lowest BCUT2D eigenvalue weighted by Crippen LogP contribution is -2.54. The lowest BCUT2D eigenvalue weighted by molar-refractivity contribution is -0.184. The molecule has 0 amide bonds. The molecule has 0 aromatic rings. The van der Waals surface area contributed by atoms with Gasteiger partial charge < -0.3 is 4.74 Å². The third-order valence-corrected chi connectivity index (χ3v) is 5.64. The molecule has 1 aliphatic rings. The number of hydrogen-bond donors (Lipinski definition) is 0. The van der Waals surface area contributed by atoms with Crippen LogP contribution in [0.5, 0.6) is 0 Å². The van der Waals surface area contributed by atoms with Crippen LogP contribution in [0.4, 0.5) is 0 Å². The zero-order chi connectivity index (χ0) is 14.9. The van der Waals surface area contributed by atoms with Gasteiger partial charge in [-0.15, -0.1) is 0 Å². The minimum Gasteiger partial charge on any atom is -0.455 e. The second kappa shape index (κ2) is 5.30. The van der Waals surface area contributed by atoms with Gasteiger partial charge in [0.05, 0.1) is 0 Å². The van der Waals surface area contributed by atoms with E-state index in [9.17, 15) is 4.79 Å². The van der Waals surface area contributed by atoms with Gasteiger partial charge in [0.2, 0.25) is 0 Å². The van der Waals surface area contributed by atoms with Gasteiger partial charge in [-0.25, -0.2) is 4.79 Å². The third kappa shape index (κ3) is 3.04. The zero-order valence-electron chi connectivity index (χ0n) is 13.6. The van der Waals surface area contributed by atoms with Crippen molar-refractivity contribution in [2.45, 2.75) is 79.2 Å². The van der Waals surface area contributed by atoms with E-state index in [1.165, 1.54) is 19.3 Å². The molecule has 1 saturated carbocycles. The minimum atomic E-state index is -0.424. The van der Waals surface area contributed by atoms with Gasteiger partial charge in [-0.2, -0.15) is 0 Å². The molecule has 0 aromatic carbocycles. The smallest absolute Gasteiger partial charge is 0.333 e. The second-order valence-corrected chi connectivity index (χ2v) is 7.47. The highest BCUT2D eigenvalue weighted by molar-refractivity contribution is 5.87. The molecule has 110 valence electrons. The quantitative estimate of drug-likeness (QED) is 0.526. The molecule has 1 atom stereocenters. The molecule has 1 rings (SSSR count). The summed E-state index contributed by atoms with van der Waals surface area (Å²) in [6.45, 7) is 16.6. The molecular formula is C17H30O2. The Kier molecular flexibility index (Phi) is 4.54.